The van der Waals surface area contributed by atoms with Crippen LogP contribution < -0.4 is 0 Å². The van der Waals surface area contributed by atoms with E-state index in [-0.39, 0.29) is 13.2 Å². The molecule has 0 amide bonds. The molecule has 0 rings (SSSR count). The Hall–Kier alpha value is -1.48. The highest BCUT2D eigenvalue weighted by Gasteiger charge is 2.41. The third-order valence-electron chi connectivity index (χ3n) is 3.14. The molecule has 0 bridgehead atoms. The average Bonchev–Trinajstić information content (AvgIpc) is 2.40. The predicted octanol–water partition coefficient (Wildman–Crippen LogP) is 4.03. The number of alkyl halides is 6. The molecule has 0 spiro atoms. The van der Waals surface area contributed by atoms with Gasteiger partial charge < -0.3 is 9.47 Å². The molecule has 0 N–H and O–H groups in total. The molecule has 4 nitrogen and oxygen atoms in total. The molecule has 0 aliphatic heterocycles. The largest absolute Gasteiger partial charge is 0.466 e. The molecule has 0 saturated carbocycles. The molecule has 0 heterocycles. The van der Waals surface area contributed by atoms with Crippen LogP contribution in [-0.2, 0) is 19.1 Å². The number of carbonyl (C=O) groups is 2. The summed E-state index contributed by atoms with van der Waals surface area (Å²) in [4.78, 5) is 23.7. The number of esters is 2. The van der Waals surface area contributed by atoms with E-state index in [2.05, 4.69) is 9.47 Å². The zero-order valence-corrected chi connectivity index (χ0v) is 13.3. The van der Waals surface area contributed by atoms with Crippen molar-refractivity contribution in [3.05, 3.63) is 0 Å². The molecule has 0 aromatic rings. The van der Waals surface area contributed by atoms with Crippen LogP contribution in [0.5, 0.6) is 0 Å². The number of hydrogen-bond acceptors (Lipinski definition) is 4. The highest BCUT2D eigenvalue weighted by atomic mass is 19.4. The van der Waals surface area contributed by atoms with Gasteiger partial charge in [0.25, 0.3) is 0 Å². The quantitative estimate of drug-likeness (QED) is 0.457. The van der Waals surface area contributed by atoms with E-state index < -0.39 is 61.8 Å². The minimum atomic E-state index is -4.62. The Morgan fingerprint density at radius 2 is 1.04 bits per heavy atom. The van der Waals surface area contributed by atoms with Gasteiger partial charge in [-0.1, -0.05) is 0 Å². The maximum Gasteiger partial charge on any atom is 0.389 e. The molecule has 0 aliphatic rings. The van der Waals surface area contributed by atoms with Crippen LogP contribution in [0.4, 0.5) is 26.3 Å². The number of ether oxygens (including phenoxy) is 2. The molecule has 0 saturated heterocycles. The standard InChI is InChI=1S/C14H20F6O4/c1-3-23-11(21)9(5-7-13(15,16)17)10(12(22)24-4-2)6-8-14(18,19)20/h9-10H,3-8H2,1-2H3. The Morgan fingerprint density at radius 1 is 0.750 bits per heavy atom. The Kier molecular flexibility index (Phi) is 9.13. The lowest BCUT2D eigenvalue weighted by Crippen LogP contribution is -2.34. The summed E-state index contributed by atoms with van der Waals surface area (Å²) in [6.45, 7) is 2.45. The van der Waals surface area contributed by atoms with Crippen molar-refractivity contribution in [2.45, 2.75) is 51.9 Å². The second-order valence-electron chi connectivity index (χ2n) is 5.02. The van der Waals surface area contributed by atoms with Gasteiger partial charge in [-0.25, -0.2) is 0 Å². The summed E-state index contributed by atoms with van der Waals surface area (Å²) >= 11 is 0. The van der Waals surface area contributed by atoms with Crippen LogP contribution in [0.2, 0.25) is 0 Å². The van der Waals surface area contributed by atoms with Crippen LogP contribution >= 0.6 is 0 Å². The van der Waals surface area contributed by atoms with Crippen LogP contribution in [0.25, 0.3) is 0 Å². The van der Waals surface area contributed by atoms with Crippen LogP contribution in [0.3, 0.4) is 0 Å². The first kappa shape index (κ1) is 22.5. The van der Waals surface area contributed by atoms with Gasteiger partial charge in [0.05, 0.1) is 25.0 Å². The second-order valence-corrected chi connectivity index (χ2v) is 5.02. The van der Waals surface area contributed by atoms with Crippen molar-refractivity contribution < 1.29 is 45.4 Å². The van der Waals surface area contributed by atoms with Crippen molar-refractivity contribution >= 4 is 11.9 Å². The van der Waals surface area contributed by atoms with Crippen molar-refractivity contribution in [3.8, 4) is 0 Å². The maximum absolute atomic E-state index is 12.4. The van der Waals surface area contributed by atoms with Gasteiger partial charge in [0, 0.05) is 12.8 Å². The van der Waals surface area contributed by atoms with E-state index in [1.807, 2.05) is 0 Å². The van der Waals surface area contributed by atoms with Crippen LogP contribution in [0.15, 0.2) is 0 Å². The molecular weight excluding hydrogens is 346 g/mol. The molecule has 0 aromatic carbocycles. The SMILES string of the molecule is CCOC(=O)C(CCC(F)(F)F)C(CCC(F)(F)F)C(=O)OCC. The summed E-state index contributed by atoms with van der Waals surface area (Å²) in [5, 5.41) is 0. The predicted molar refractivity (Wildman–Crippen MR) is 70.8 cm³/mol. The van der Waals surface area contributed by atoms with E-state index in [0.29, 0.717) is 0 Å². The average molecular weight is 366 g/mol. The number of rotatable bonds is 9. The highest BCUT2D eigenvalue weighted by Crippen LogP contribution is 2.33. The summed E-state index contributed by atoms with van der Waals surface area (Å²) < 4.78 is 83.7. The van der Waals surface area contributed by atoms with Crippen molar-refractivity contribution in [3.63, 3.8) is 0 Å². The molecular formula is C14H20F6O4. The Bertz CT molecular complexity index is 367. The monoisotopic (exact) mass is 366 g/mol. The minimum Gasteiger partial charge on any atom is -0.466 e. The van der Waals surface area contributed by atoms with Gasteiger partial charge in [-0.2, -0.15) is 26.3 Å². The molecule has 0 aliphatic carbocycles. The molecule has 0 radical (unpaired) electrons. The number of halogens is 6. The van der Waals surface area contributed by atoms with Crippen molar-refractivity contribution in [1.82, 2.24) is 0 Å². The molecule has 2 unspecified atom stereocenters. The lowest BCUT2D eigenvalue weighted by molar-refractivity contribution is -0.169. The normalized spacial score (nSPS) is 14.8. The third kappa shape index (κ3) is 9.61. The van der Waals surface area contributed by atoms with Gasteiger partial charge in [-0.3, -0.25) is 9.59 Å². The fourth-order valence-corrected chi connectivity index (χ4v) is 2.10. The lowest BCUT2D eigenvalue weighted by Gasteiger charge is -2.25. The zero-order valence-electron chi connectivity index (χ0n) is 13.3. The van der Waals surface area contributed by atoms with E-state index >= 15 is 0 Å². The van der Waals surface area contributed by atoms with E-state index in [9.17, 15) is 35.9 Å². The van der Waals surface area contributed by atoms with Gasteiger partial charge in [-0.15, -0.1) is 0 Å². The van der Waals surface area contributed by atoms with E-state index in [0.717, 1.165) is 0 Å². The molecule has 142 valence electrons. The topological polar surface area (TPSA) is 52.6 Å². The van der Waals surface area contributed by atoms with Crippen molar-refractivity contribution in [2.75, 3.05) is 13.2 Å². The first-order valence-corrected chi connectivity index (χ1v) is 7.38. The molecule has 0 fully saturated rings. The molecule has 2 atom stereocenters. The summed E-state index contributed by atoms with van der Waals surface area (Å²) in [5.74, 6) is -5.56. The smallest absolute Gasteiger partial charge is 0.389 e. The van der Waals surface area contributed by atoms with Gasteiger partial charge in [0.1, 0.15) is 0 Å². The van der Waals surface area contributed by atoms with Gasteiger partial charge in [-0.05, 0) is 26.7 Å². The summed E-state index contributed by atoms with van der Waals surface area (Å²) in [5.41, 5.74) is 0. The van der Waals surface area contributed by atoms with Crippen LogP contribution in [0, 0.1) is 11.8 Å². The molecule has 0 aromatic heterocycles. The fourth-order valence-electron chi connectivity index (χ4n) is 2.10. The van der Waals surface area contributed by atoms with Gasteiger partial charge in [0.2, 0.25) is 0 Å². The fraction of sp³-hybridized carbons (Fsp3) is 0.857. The van der Waals surface area contributed by atoms with Crippen molar-refractivity contribution in [1.29, 1.82) is 0 Å². The zero-order chi connectivity index (χ0) is 19.0. The van der Waals surface area contributed by atoms with Crippen LogP contribution in [-0.4, -0.2) is 37.5 Å². The Balaban J connectivity index is 5.34. The van der Waals surface area contributed by atoms with E-state index in [1.54, 1.807) is 0 Å². The summed E-state index contributed by atoms with van der Waals surface area (Å²) in [6.07, 6.45) is -13.8. The second kappa shape index (κ2) is 9.73. The third-order valence-corrected chi connectivity index (χ3v) is 3.14. The first-order chi connectivity index (χ1) is 10.9. The van der Waals surface area contributed by atoms with Crippen molar-refractivity contribution in [2.24, 2.45) is 11.8 Å². The number of carbonyl (C=O) groups excluding carboxylic acids is 2. The van der Waals surface area contributed by atoms with E-state index in [4.69, 9.17) is 0 Å². The number of hydrogen-bond donors (Lipinski definition) is 0. The summed E-state index contributed by atoms with van der Waals surface area (Å²) in [7, 11) is 0. The Labute approximate surface area is 135 Å². The molecule has 24 heavy (non-hydrogen) atoms. The maximum atomic E-state index is 12.4. The molecule has 10 heteroatoms. The van der Waals surface area contributed by atoms with Gasteiger partial charge >= 0.3 is 24.3 Å². The highest BCUT2D eigenvalue weighted by molar-refractivity contribution is 5.82. The lowest BCUT2D eigenvalue weighted by atomic mass is 9.84. The summed E-state index contributed by atoms with van der Waals surface area (Å²) in [6, 6.07) is 0. The van der Waals surface area contributed by atoms with Gasteiger partial charge in [0.15, 0.2) is 0 Å². The Morgan fingerprint density at radius 3 is 1.25 bits per heavy atom. The van der Waals surface area contributed by atoms with E-state index in [1.165, 1.54) is 13.8 Å². The van der Waals surface area contributed by atoms with Crippen LogP contribution in [0.1, 0.15) is 39.5 Å². The minimum absolute atomic E-state index is 0.170. The first-order valence-electron chi connectivity index (χ1n) is 7.38.